The number of aromatic nitrogens is 2. The summed E-state index contributed by atoms with van der Waals surface area (Å²) in [5, 5.41) is 11.6. The van der Waals surface area contributed by atoms with Crippen molar-refractivity contribution in [2.75, 3.05) is 0 Å². The fraction of sp³-hybridized carbons (Fsp3) is 0.286. The van der Waals surface area contributed by atoms with E-state index in [9.17, 15) is 14.7 Å². The zero-order valence-electron chi connectivity index (χ0n) is 18.9. The van der Waals surface area contributed by atoms with E-state index in [4.69, 9.17) is 11.6 Å². The number of nitrogens with zero attached hydrogens (tertiary/aromatic N) is 2. The number of benzene rings is 2. The Kier molecular flexibility index (Phi) is 6.29. The summed E-state index contributed by atoms with van der Waals surface area (Å²) in [4.78, 5) is 26.6. The number of aromatic hydroxyl groups is 1. The van der Waals surface area contributed by atoms with Gasteiger partial charge < -0.3 is 14.1 Å². The minimum atomic E-state index is -0.535. The molecule has 1 fully saturated rings. The number of hydrogen-bond donors (Lipinski definition) is 1. The Balaban J connectivity index is 1.71. The van der Waals surface area contributed by atoms with Gasteiger partial charge in [-0.1, -0.05) is 86.2 Å². The summed E-state index contributed by atoms with van der Waals surface area (Å²) in [5.41, 5.74) is 1.98. The second-order valence-corrected chi connectivity index (χ2v) is 9.63. The van der Waals surface area contributed by atoms with Gasteiger partial charge >= 0.3 is 0 Å². The van der Waals surface area contributed by atoms with Crippen LogP contribution in [0.4, 0.5) is 0 Å². The molecule has 0 aliphatic heterocycles. The Labute approximate surface area is 202 Å². The highest BCUT2D eigenvalue weighted by atomic mass is 35.5. The topological polar surface area (TPSA) is 63.7 Å². The summed E-state index contributed by atoms with van der Waals surface area (Å²) < 4.78 is 3.32. The van der Waals surface area contributed by atoms with Crippen molar-refractivity contribution in [1.82, 2.24) is 8.97 Å². The summed E-state index contributed by atoms with van der Waals surface area (Å²) in [6, 6.07) is 16.6. The van der Waals surface area contributed by atoms with Crippen LogP contribution in [0.5, 0.6) is 5.75 Å². The van der Waals surface area contributed by atoms with Gasteiger partial charge in [0, 0.05) is 28.7 Å². The van der Waals surface area contributed by atoms with Gasteiger partial charge in [0.05, 0.1) is 6.54 Å². The molecule has 2 aromatic heterocycles. The molecule has 5 nitrogen and oxygen atoms in total. The molecule has 0 saturated heterocycles. The zero-order chi connectivity index (χ0) is 23.7. The van der Waals surface area contributed by atoms with Crippen molar-refractivity contribution < 1.29 is 5.11 Å². The van der Waals surface area contributed by atoms with Crippen LogP contribution in [-0.4, -0.2) is 14.1 Å². The molecule has 2 heterocycles. The summed E-state index contributed by atoms with van der Waals surface area (Å²) in [7, 11) is 0. The van der Waals surface area contributed by atoms with Gasteiger partial charge in [0.15, 0.2) is 11.3 Å². The van der Waals surface area contributed by atoms with Gasteiger partial charge in [0.25, 0.3) is 5.56 Å². The fourth-order valence-corrected chi connectivity index (χ4v) is 5.29. The van der Waals surface area contributed by atoms with Crippen molar-refractivity contribution in [3.8, 4) is 16.9 Å². The van der Waals surface area contributed by atoms with Gasteiger partial charge in [-0.2, -0.15) is 0 Å². The van der Waals surface area contributed by atoms with E-state index in [0.717, 1.165) is 30.5 Å². The predicted molar refractivity (Wildman–Crippen MR) is 136 cm³/mol. The van der Waals surface area contributed by atoms with Crippen molar-refractivity contribution in [1.29, 1.82) is 0 Å². The Morgan fingerprint density at radius 1 is 0.941 bits per heavy atom. The van der Waals surface area contributed by atoms with E-state index in [0.29, 0.717) is 28.6 Å². The van der Waals surface area contributed by atoms with E-state index in [2.05, 4.69) is 0 Å². The molecule has 5 rings (SSSR count). The predicted octanol–water partition coefficient (Wildman–Crippen LogP) is 5.66. The molecule has 6 heteroatoms. The Hall–Kier alpha value is -3.31. The normalized spacial score (nSPS) is 14.5. The lowest BCUT2D eigenvalue weighted by atomic mass is 9.86. The highest BCUT2D eigenvalue weighted by Crippen LogP contribution is 2.28. The highest BCUT2D eigenvalue weighted by molar-refractivity contribution is 6.30. The van der Waals surface area contributed by atoms with Crippen LogP contribution in [0.2, 0.25) is 5.02 Å². The summed E-state index contributed by atoms with van der Waals surface area (Å²) >= 11 is 6.15. The summed E-state index contributed by atoms with van der Waals surface area (Å²) in [6.45, 7) is 0.307. The summed E-state index contributed by atoms with van der Waals surface area (Å²) in [5.74, 6) is 0.00695. The first-order valence-corrected chi connectivity index (χ1v) is 12.2. The molecule has 34 heavy (non-hydrogen) atoms. The van der Waals surface area contributed by atoms with Gasteiger partial charge in [0.1, 0.15) is 0 Å². The molecule has 1 aliphatic rings. The number of fused-ring (bicyclic) bond motifs is 1. The minimum absolute atomic E-state index is 0.0278. The molecule has 0 spiro atoms. The molecule has 174 valence electrons. The number of rotatable bonds is 5. The molecule has 0 amide bonds. The Morgan fingerprint density at radius 3 is 2.44 bits per heavy atom. The smallest absolute Gasteiger partial charge is 0.279 e. The third kappa shape index (κ3) is 4.40. The molecule has 1 N–H and O–H groups in total. The van der Waals surface area contributed by atoms with E-state index in [1.807, 2.05) is 54.7 Å². The third-order valence-corrected chi connectivity index (χ3v) is 7.05. The molecule has 1 saturated carbocycles. The van der Waals surface area contributed by atoms with Gasteiger partial charge in [-0.3, -0.25) is 9.59 Å². The van der Waals surface area contributed by atoms with Crippen LogP contribution in [0, 0.1) is 5.92 Å². The van der Waals surface area contributed by atoms with Crippen LogP contribution >= 0.6 is 11.6 Å². The van der Waals surface area contributed by atoms with Crippen molar-refractivity contribution in [2.45, 2.75) is 45.1 Å². The molecule has 2 aromatic carbocycles. The lowest BCUT2D eigenvalue weighted by Crippen LogP contribution is -2.27. The largest absolute Gasteiger partial charge is 0.503 e. The van der Waals surface area contributed by atoms with Crippen LogP contribution in [-0.2, 0) is 13.0 Å². The minimum Gasteiger partial charge on any atom is -0.503 e. The van der Waals surface area contributed by atoms with Gasteiger partial charge in [-0.05, 0) is 35.6 Å². The van der Waals surface area contributed by atoms with Gasteiger partial charge in [-0.15, -0.1) is 0 Å². The second kappa shape index (κ2) is 9.51. The SMILES string of the molecule is O=c1c(-c2ccccc2)cn2c(CC3CCCCC3)cn(Cc3cccc(Cl)c3)c(=O)c2c1O. The number of hydrogen-bond acceptors (Lipinski definition) is 3. The fourth-order valence-electron chi connectivity index (χ4n) is 5.08. The van der Waals surface area contributed by atoms with E-state index in [1.165, 1.54) is 19.3 Å². The average molecular weight is 475 g/mol. The number of pyridine rings is 1. The van der Waals surface area contributed by atoms with Crippen molar-refractivity contribution >= 4 is 17.1 Å². The highest BCUT2D eigenvalue weighted by Gasteiger charge is 2.21. The van der Waals surface area contributed by atoms with E-state index >= 15 is 0 Å². The van der Waals surface area contributed by atoms with Gasteiger partial charge in [0.2, 0.25) is 5.43 Å². The average Bonchev–Trinajstić information content (AvgIpc) is 2.85. The Bertz CT molecular complexity index is 1450. The quantitative estimate of drug-likeness (QED) is 0.406. The van der Waals surface area contributed by atoms with Crippen LogP contribution in [0.3, 0.4) is 0 Å². The molecule has 0 unspecified atom stereocenters. The molecular formula is C28H27ClN2O3. The Morgan fingerprint density at radius 2 is 1.71 bits per heavy atom. The van der Waals surface area contributed by atoms with E-state index < -0.39 is 16.7 Å². The first kappa shape index (κ1) is 22.5. The maximum absolute atomic E-state index is 13.5. The molecule has 0 bridgehead atoms. The molecule has 1 aliphatic carbocycles. The third-order valence-electron chi connectivity index (χ3n) is 6.81. The maximum Gasteiger partial charge on any atom is 0.279 e. The summed E-state index contributed by atoms with van der Waals surface area (Å²) in [6.07, 6.45) is 10.3. The lowest BCUT2D eigenvalue weighted by molar-refractivity contribution is 0.352. The van der Waals surface area contributed by atoms with Crippen LogP contribution in [0.25, 0.3) is 16.6 Å². The van der Waals surface area contributed by atoms with Crippen molar-refractivity contribution in [3.05, 3.63) is 104 Å². The first-order chi connectivity index (χ1) is 16.5. The molecule has 4 aromatic rings. The van der Waals surface area contributed by atoms with Crippen molar-refractivity contribution in [2.24, 2.45) is 5.92 Å². The first-order valence-electron chi connectivity index (χ1n) is 11.8. The van der Waals surface area contributed by atoms with Crippen LogP contribution < -0.4 is 11.0 Å². The zero-order valence-corrected chi connectivity index (χ0v) is 19.7. The van der Waals surface area contributed by atoms with Crippen molar-refractivity contribution in [3.63, 3.8) is 0 Å². The second-order valence-electron chi connectivity index (χ2n) is 9.20. The van der Waals surface area contributed by atoms with Gasteiger partial charge in [-0.25, -0.2) is 0 Å². The standard InChI is InChI=1S/C28H27ClN2O3/c29-22-13-7-10-20(14-22)16-30-17-23(15-19-8-3-1-4-9-19)31-18-24(21-11-5-2-6-12-21)26(32)27(33)25(31)28(30)34/h2,5-7,10-14,17-19,33H,1,3-4,8-9,15-16H2. The van der Waals surface area contributed by atoms with Crippen LogP contribution in [0.15, 0.2) is 76.6 Å². The monoisotopic (exact) mass is 474 g/mol. The van der Waals surface area contributed by atoms with E-state index in [-0.39, 0.29) is 5.52 Å². The van der Waals surface area contributed by atoms with E-state index in [1.54, 1.807) is 21.2 Å². The maximum atomic E-state index is 13.5. The lowest BCUT2D eigenvalue weighted by Gasteiger charge is -2.23. The molecular weight excluding hydrogens is 448 g/mol. The van der Waals surface area contributed by atoms with Crippen LogP contribution in [0.1, 0.15) is 43.4 Å². The number of halogens is 1. The molecule has 0 atom stereocenters. The molecule has 0 radical (unpaired) electrons.